The zero-order valence-corrected chi connectivity index (χ0v) is 18.8. The van der Waals surface area contributed by atoms with Crippen LogP contribution in [0.15, 0.2) is 21.1 Å². The van der Waals surface area contributed by atoms with Crippen LogP contribution < -0.4 is 0 Å². The summed E-state index contributed by atoms with van der Waals surface area (Å²) in [5, 5.41) is 0. The van der Waals surface area contributed by atoms with Crippen molar-refractivity contribution in [2.24, 2.45) is 0 Å². The maximum absolute atomic E-state index is 12.3. The average Bonchev–Trinajstić information content (AvgIpc) is 2.61. The molecule has 0 atom stereocenters. The Morgan fingerprint density at radius 3 is 1.54 bits per heavy atom. The van der Waals surface area contributed by atoms with Crippen molar-refractivity contribution in [3.05, 3.63) is 32.2 Å². The molecule has 0 N–H and O–H groups in total. The molecule has 0 spiro atoms. The van der Waals surface area contributed by atoms with Gasteiger partial charge in [0.15, 0.2) is 0 Å². The van der Waals surface area contributed by atoms with Gasteiger partial charge in [0.2, 0.25) is 0 Å². The number of rotatable bonds is 12. The van der Waals surface area contributed by atoms with E-state index in [9.17, 15) is 9.59 Å². The summed E-state index contributed by atoms with van der Waals surface area (Å²) in [5.74, 6) is -0.865. The van der Waals surface area contributed by atoms with E-state index < -0.39 is 11.9 Å². The lowest BCUT2D eigenvalue weighted by atomic mass is 10.1. The smallest absolute Gasteiger partial charge is 0.339 e. The van der Waals surface area contributed by atoms with E-state index in [-0.39, 0.29) is 0 Å². The molecular formula is C20H28Br2O4. The van der Waals surface area contributed by atoms with Gasteiger partial charge in [-0.25, -0.2) is 9.59 Å². The first-order valence-electron chi connectivity index (χ1n) is 9.34. The molecule has 0 aromatic heterocycles. The highest BCUT2D eigenvalue weighted by Crippen LogP contribution is 2.27. The van der Waals surface area contributed by atoms with E-state index in [0.29, 0.717) is 33.3 Å². The van der Waals surface area contributed by atoms with E-state index in [1.807, 2.05) is 0 Å². The molecular weight excluding hydrogens is 464 g/mol. The van der Waals surface area contributed by atoms with Gasteiger partial charge in [-0.3, -0.25) is 0 Å². The minimum atomic E-state index is -0.433. The quantitative estimate of drug-likeness (QED) is 0.241. The molecule has 0 unspecified atom stereocenters. The summed E-state index contributed by atoms with van der Waals surface area (Å²) in [6.07, 6.45) is 8.32. The molecule has 1 rings (SSSR count). The van der Waals surface area contributed by atoms with Crippen molar-refractivity contribution < 1.29 is 19.1 Å². The Balaban J connectivity index is 2.66. The predicted octanol–water partition coefficient (Wildman–Crippen LogP) is 6.69. The predicted molar refractivity (Wildman–Crippen MR) is 111 cm³/mol. The monoisotopic (exact) mass is 490 g/mol. The lowest BCUT2D eigenvalue weighted by molar-refractivity contribution is 0.0495. The summed E-state index contributed by atoms with van der Waals surface area (Å²) >= 11 is 6.73. The van der Waals surface area contributed by atoms with E-state index >= 15 is 0 Å². The maximum Gasteiger partial charge on any atom is 0.339 e. The number of hydrogen-bond acceptors (Lipinski definition) is 4. The first-order valence-corrected chi connectivity index (χ1v) is 10.9. The Morgan fingerprint density at radius 2 is 1.15 bits per heavy atom. The molecule has 4 nitrogen and oxygen atoms in total. The van der Waals surface area contributed by atoms with Crippen LogP contribution in [0.1, 0.15) is 85.9 Å². The Bertz CT molecular complexity index is 540. The van der Waals surface area contributed by atoms with Gasteiger partial charge in [-0.1, -0.05) is 52.4 Å². The van der Waals surface area contributed by atoms with Crippen molar-refractivity contribution in [2.45, 2.75) is 65.2 Å². The van der Waals surface area contributed by atoms with Gasteiger partial charge in [-0.05, 0) is 56.8 Å². The fraction of sp³-hybridized carbons (Fsp3) is 0.600. The standard InChI is InChI=1S/C20H28Br2O4/c1-3-5-7-9-11-25-19(23)15-13-16(18(22)14-17(15)21)20(24)26-12-10-8-6-4-2/h13-14H,3-12H2,1-2H3. The molecule has 0 amide bonds. The molecule has 0 heterocycles. The summed E-state index contributed by atoms with van der Waals surface area (Å²) in [6.45, 7) is 5.04. The second-order valence-corrected chi connectivity index (χ2v) is 7.91. The summed E-state index contributed by atoms with van der Waals surface area (Å²) < 4.78 is 11.8. The topological polar surface area (TPSA) is 52.6 Å². The van der Waals surface area contributed by atoms with Gasteiger partial charge in [0.25, 0.3) is 0 Å². The van der Waals surface area contributed by atoms with Gasteiger partial charge < -0.3 is 9.47 Å². The second-order valence-electron chi connectivity index (χ2n) is 6.21. The molecule has 26 heavy (non-hydrogen) atoms. The SMILES string of the molecule is CCCCCCOC(=O)c1cc(C(=O)OCCCCCC)c(Br)cc1Br. The normalized spacial score (nSPS) is 10.6. The first kappa shape index (κ1) is 23.2. The van der Waals surface area contributed by atoms with Crippen LogP contribution in [0, 0.1) is 0 Å². The number of carbonyl (C=O) groups is 2. The lowest BCUT2D eigenvalue weighted by Gasteiger charge is -2.11. The minimum absolute atomic E-state index is 0.335. The van der Waals surface area contributed by atoms with Crippen molar-refractivity contribution >= 4 is 43.8 Å². The largest absolute Gasteiger partial charge is 0.462 e. The molecule has 1 aromatic rings. The summed E-state index contributed by atoms with van der Waals surface area (Å²) in [4.78, 5) is 24.6. The van der Waals surface area contributed by atoms with Crippen LogP contribution in [-0.2, 0) is 9.47 Å². The zero-order valence-electron chi connectivity index (χ0n) is 15.6. The van der Waals surface area contributed by atoms with E-state index in [4.69, 9.17) is 9.47 Å². The molecule has 146 valence electrons. The molecule has 0 fully saturated rings. The van der Waals surface area contributed by atoms with Crippen molar-refractivity contribution in [1.29, 1.82) is 0 Å². The number of ether oxygens (including phenoxy) is 2. The van der Waals surface area contributed by atoms with Crippen LogP contribution in [0.2, 0.25) is 0 Å². The average molecular weight is 492 g/mol. The van der Waals surface area contributed by atoms with Gasteiger partial charge in [0.05, 0.1) is 24.3 Å². The highest BCUT2D eigenvalue weighted by Gasteiger charge is 2.19. The molecule has 0 saturated carbocycles. The third-order valence-corrected chi connectivity index (χ3v) is 5.27. The van der Waals surface area contributed by atoms with Crippen molar-refractivity contribution in [1.82, 2.24) is 0 Å². The third-order valence-electron chi connectivity index (χ3n) is 3.96. The third kappa shape index (κ3) is 8.21. The van der Waals surface area contributed by atoms with Crippen molar-refractivity contribution in [3.8, 4) is 0 Å². The number of unbranched alkanes of at least 4 members (excludes halogenated alkanes) is 6. The highest BCUT2D eigenvalue weighted by molar-refractivity contribution is 9.11. The summed E-state index contributed by atoms with van der Waals surface area (Å²) in [6, 6.07) is 3.21. The Morgan fingerprint density at radius 1 is 0.731 bits per heavy atom. The molecule has 6 heteroatoms. The molecule has 0 aliphatic rings. The van der Waals surface area contributed by atoms with Crippen LogP contribution in [0.5, 0.6) is 0 Å². The zero-order chi connectivity index (χ0) is 19.4. The van der Waals surface area contributed by atoms with Gasteiger partial charge in [-0.15, -0.1) is 0 Å². The Hall–Kier alpha value is -0.880. The first-order chi connectivity index (χ1) is 12.5. The van der Waals surface area contributed by atoms with Gasteiger partial charge >= 0.3 is 11.9 Å². The number of carbonyl (C=O) groups excluding carboxylic acids is 2. The lowest BCUT2D eigenvalue weighted by Crippen LogP contribution is -2.12. The van der Waals surface area contributed by atoms with E-state index in [1.54, 1.807) is 6.07 Å². The van der Waals surface area contributed by atoms with Crippen molar-refractivity contribution in [2.75, 3.05) is 13.2 Å². The summed E-state index contributed by atoms with van der Waals surface area (Å²) in [5.41, 5.74) is 0.670. The number of benzene rings is 1. The van der Waals surface area contributed by atoms with Crippen LogP contribution >= 0.6 is 31.9 Å². The fourth-order valence-corrected chi connectivity index (χ4v) is 3.72. The number of esters is 2. The van der Waals surface area contributed by atoms with Crippen LogP contribution in [0.3, 0.4) is 0 Å². The highest BCUT2D eigenvalue weighted by atomic mass is 79.9. The molecule has 1 aromatic carbocycles. The summed E-state index contributed by atoms with van der Waals surface area (Å²) in [7, 11) is 0. The molecule has 0 aliphatic carbocycles. The molecule has 0 aliphatic heterocycles. The fourth-order valence-electron chi connectivity index (χ4n) is 2.40. The Kier molecular flexibility index (Phi) is 11.9. The number of hydrogen-bond donors (Lipinski definition) is 0. The van der Waals surface area contributed by atoms with Gasteiger partial charge in [-0.2, -0.15) is 0 Å². The minimum Gasteiger partial charge on any atom is -0.462 e. The maximum atomic E-state index is 12.3. The number of halogens is 2. The molecule has 0 bridgehead atoms. The van der Waals surface area contributed by atoms with E-state index in [2.05, 4.69) is 45.7 Å². The van der Waals surface area contributed by atoms with Crippen LogP contribution in [0.4, 0.5) is 0 Å². The van der Waals surface area contributed by atoms with Crippen LogP contribution in [0.25, 0.3) is 0 Å². The molecule has 0 radical (unpaired) electrons. The van der Waals surface area contributed by atoms with Crippen molar-refractivity contribution in [3.63, 3.8) is 0 Å². The second kappa shape index (κ2) is 13.3. The molecule has 0 saturated heterocycles. The van der Waals surface area contributed by atoms with Gasteiger partial charge in [0.1, 0.15) is 0 Å². The van der Waals surface area contributed by atoms with Crippen LogP contribution in [-0.4, -0.2) is 25.2 Å². The Labute approximate surface area is 173 Å². The van der Waals surface area contributed by atoms with E-state index in [1.165, 1.54) is 6.07 Å². The van der Waals surface area contributed by atoms with E-state index in [0.717, 1.165) is 51.4 Å². The van der Waals surface area contributed by atoms with Gasteiger partial charge in [0, 0.05) is 8.95 Å².